The fourth-order valence-corrected chi connectivity index (χ4v) is 5.48. The van der Waals surface area contributed by atoms with E-state index in [0.717, 1.165) is 43.2 Å². The highest BCUT2D eigenvalue weighted by Gasteiger charge is 2.42. The van der Waals surface area contributed by atoms with Crippen LogP contribution in [0.4, 0.5) is 0 Å². The lowest BCUT2D eigenvalue weighted by atomic mass is 9.99. The summed E-state index contributed by atoms with van der Waals surface area (Å²) in [6.45, 7) is 3.73. The van der Waals surface area contributed by atoms with E-state index in [1.165, 1.54) is 0 Å². The molecule has 3 heterocycles. The molecule has 1 saturated heterocycles. The van der Waals surface area contributed by atoms with Gasteiger partial charge in [0, 0.05) is 38.4 Å². The third-order valence-corrected chi connectivity index (χ3v) is 7.65. The highest BCUT2D eigenvalue weighted by atomic mass is 32.2. The third-order valence-electron chi connectivity index (χ3n) is 5.29. The van der Waals surface area contributed by atoms with Crippen LogP contribution in [-0.2, 0) is 23.6 Å². The molecule has 0 radical (unpaired) electrons. The minimum atomic E-state index is -3.12. The molecule has 4 rings (SSSR count). The van der Waals surface area contributed by atoms with E-state index in [1.54, 1.807) is 10.5 Å². The number of sulfonamides is 1. The maximum atomic E-state index is 12.5. The molecule has 1 saturated carbocycles. The monoisotopic (exact) mass is 364 g/mol. The molecule has 0 unspecified atom stereocenters. The normalized spacial score (nSPS) is 22.4. The average Bonchev–Trinajstić information content (AvgIpc) is 3.31. The number of hydrogen-bond donors (Lipinski definition) is 0. The smallest absolute Gasteiger partial charge is 0.217 e. The van der Waals surface area contributed by atoms with Crippen LogP contribution in [-0.4, -0.2) is 55.4 Å². The van der Waals surface area contributed by atoms with Crippen molar-refractivity contribution in [3.8, 4) is 0 Å². The maximum absolute atomic E-state index is 12.5. The van der Waals surface area contributed by atoms with Crippen molar-refractivity contribution in [3.05, 3.63) is 29.9 Å². The number of imidazole rings is 1. The molecular weight excluding hydrogens is 340 g/mol. The van der Waals surface area contributed by atoms with Gasteiger partial charge in [-0.05, 0) is 32.6 Å². The topological polar surface area (TPSA) is 85.9 Å². The van der Waals surface area contributed by atoms with Gasteiger partial charge < -0.3 is 9.13 Å². The molecule has 1 atom stereocenters. The summed E-state index contributed by atoms with van der Waals surface area (Å²) in [7, 11) is -1.16. The molecule has 1 aliphatic carbocycles. The first-order valence-electron chi connectivity index (χ1n) is 8.81. The van der Waals surface area contributed by atoms with Crippen LogP contribution < -0.4 is 0 Å². The molecular formula is C16H24N6O2S. The summed E-state index contributed by atoms with van der Waals surface area (Å²) < 4.78 is 30.8. The molecule has 8 nitrogen and oxygen atoms in total. The lowest BCUT2D eigenvalue weighted by Crippen LogP contribution is -2.41. The summed E-state index contributed by atoms with van der Waals surface area (Å²) in [4.78, 5) is 4.23. The summed E-state index contributed by atoms with van der Waals surface area (Å²) in [5.41, 5.74) is 0. The Balaban J connectivity index is 1.52. The van der Waals surface area contributed by atoms with Gasteiger partial charge in [-0.15, -0.1) is 10.2 Å². The van der Waals surface area contributed by atoms with Crippen LogP contribution >= 0.6 is 0 Å². The highest BCUT2D eigenvalue weighted by Crippen LogP contribution is 2.35. The van der Waals surface area contributed by atoms with E-state index in [9.17, 15) is 8.42 Å². The van der Waals surface area contributed by atoms with E-state index in [2.05, 4.69) is 15.2 Å². The van der Waals surface area contributed by atoms with Crippen molar-refractivity contribution in [3.63, 3.8) is 0 Å². The third kappa shape index (κ3) is 3.10. The first kappa shape index (κ1) is 16.7. The minimum Gasteiger partial charge on any atom is -0.328 e. The fraction of sp³-hybridized carbons (Fsp3) is 0.688. The van der Waals surface area contributed by atoms with Crippen LogP contribution in [0.1, 0.15) is 49.1 Å². The lowest BCUT2D eigenvalue weighted by Gasteiger charge is -2.31. The van der Waals surface area contributed by atoms with Gasteiger partial charge in [-0.2, -0.15) is 0 Å². The van der Waals surface area contributed by atoms with Gasteiger partial charge in [0.1, 0.15) is 11.6 Å². The second-order valence-corrected chi connectivity index (χ2v) is 9.29. The summed E-state index contributed by atoms with van der Waals surface area (Å²) in [5, 5.41) is 8.57. The number of piperidine rings is 1. The number of rotatable bonds is 5. The predicted molar refractivity (Wildman–Crippen MR) is 92.6 cm³/mol. The highest BCUT2D eigenvalue weighted by molar-refractivity contribution is 7.90. The van der Waals surface area contributed by atoms with Crippen LogP contribution in [0.25, 0.3) is 0 Å². The Morgan fingerprint density at radius 1 is 1.24 bits per heavy atom. The van der Waals surface area contributed by atoms with Gasteiger partial charge in [-0.3, -0.25) is 0 Å². The van der Waals surface area contributed by atoms with Crippen LogP contribution in [0.2, 0.25) is 0 Å². The SMILES string of the molecule is Cc1nccn1Cc1nnc([C@@H]2CCCN(S(=O)(=O)C3CC3)C2)n1C. The zero-order valence-electron chi connectivity index (χ0n) is 14.7. The predicted octanol–water partition coefficient (Wildman–Crippen LogP) is 1.04. The summed E-state index contributed by atoms with van der Waals surface area (Å²) >= 11 is 0. The van der Waals surface area contributed by atoms with E-state index in [-0.39, 0.29) is 11.2 Å². The molecule has 1 aliphatic heterocycles. The van der Waals surface area contributed by atoms with Crippen LogP contribution in [0.15, 0.2) is 12.4 Å². The van der Waals surface area contributed by atoms with Gasteiger partial charge in [-0.25, -0.2) is 17.7 Å². The Labute approximate surface area is 147 Å². The fourth-order valence-electron chi connectivity index (χ4n) is 3.55. The molecule has 2 aliphatic rings. The van der Waals surface area contributed by atoms with Gasteiger partial charge >= 0.3 is 0 Å². The molecule has 9 heteroatoms. The molecule has 0 spiro atoms. The Morgan fingerprint density at radius 3 is 2.72 bits per heavy atom. The Hall–Kier alpha value is -1.74. The quantitative estimate of drug-likeness (QED) is 0.791. The van der Waals surface area contributed by atoms with Gasteiger partial charge in [0.2, 0.25) is 10.0 Å². The Bertz CT molecular complexity index is 867. The van der Waals surface area contributed by atoms with Crippen LogP contribution in [0, 0.1) is 6.92 Å². The van der Waals surface area contributed by atoms with Gasteiger partial charge in [0.15, 0.2) is 5.82 Å². The van der Waals surface area contributed by atoms with Crippen molar-refractivity contribution < 1.29 is 8.42 Å². The first-order valence-corrected chi connectivity index (χ1v) is 10.3. The van der Waals surface area contributed by atoms with E-state index >= 15 is 0 Å². The second kappa shape index (κ2) is 6.21. The van der Waals surface area contributed by atoms with Crippen molar-refractivity contribution in [2.45, 2.75) is 50.3 Å². The minimum absolute atomic E-state index is 0.109. The van der Waals surface area contributed by atoms with Crippen molar-refractivity contribution in [2.24, 2.45) is 7.05 Å². The molecule has 136 valence electrons. The Kier molecular flexibility index (Phi) is 4.15. The zero-order chi connectivity index (χ0) is 17.6. The molecule has 0 amide bonds. The lowest BCUT2D eigenvalue weighted by molar-refractivity contribution is 0.305. The average molecular weight is 364 g/mol. The molecule has 0 bridgehead atoms. The molecule has 25 heavy (non-hydrogen) atoms. The van der Waals surface area contributed by atoms with Crippen LogP contribution in [0.5, 0.6) is 0 Å². The summed E-state index contributed by atoms with van der Waals surface area (Å²) in [6.07, 6.45) is 7.14. The largest absolute Gasteiger partial charge is 0.328 e. The van der Waals surface area contributed by atoms with Gasteiger partial charge in [0.05, 0.1) is 11.8 Å². The van der Waals surface area contributed by atoms with E-state index in [4.69, 9.17) is 0 Å². The van der Waals surface area contributed by atoms with Crippen molar-refractivity contribution in [1.82, 2.24) is 28.6 Å². The molecule has 2 fully saturated rings. The van der Waals surface area contributed by atoms with Crippen molar-refractivity contribution in [2.75, 3.05) is 13.1 Å². The van der Waals surface area contributed by atoms with Gasteiger partial charge in [-0.1, -0.05) is 0 Å². The molecule has 0 aromatic carbocycles. The number of aromatic nitrogens is 5. The van der Waals surface area contributed by atoms with Gasteiger partial charge in [0.25, 0.3) is 0 Å². The summed E-state index contributed by atoms with van der Waals surface area (Å²) in [5.74, 6) is 2.78. The zero-order valence-corrected chi connectivity index (χ0v) is 15.5. The van der Waals surface area contributed by atoms with E-state index in [1.807, 2.05) is 29.3 Å². The van der Waals surface area contributed by atoms with Crippen LogP contribution in [0.3, 0.4) is 0 Å². The van der Waals surface area contributed by atoms with E-state index in [0.29, 0.717) is 19.6 Å². The number of nitrogens with zero attached hydrogens (tertiary/aromatic N) is 6. The standard InChI is InChI=1S/C16H24N6O2S/c1-12-17-7-9-21(12)11-15-18-19-16(20(15)2)13-4-3-8-22(10-13)25(23,24)14-5-6-14/h7,9,13-14H,3-6,8,10-11H2,1-2H3/t13-/m1/s1. The van der Waals surface area contributed by atoms with Crippen molar-refractivity contribution in [1.29, 1.82) is 0 Å². The molecule has 0 N–H and O–H groups in total. The maximum Gasteiger partial charge on any atom is 0.217 e. The summed E-state index contributed by atoms with van der Waals surface area (Å²) in [6, 6.07) is 0. The number of aryl methyl sites for hydroxylation is 1. The molecule has 2 aromatic rings. The Morgan fingerprint density at radius 2 is 2.04 bits per heavy atom. The first-order chi connectivity index (χ1) is 12.0. The van der Waals surface area contributed by atoms with E-state index < -0.39 is 10.0 Å². The second-order valence-electron chi connectivity index (χ2n) is 7.08. The number of hydrogen-bond acceptors (Lipinski definition) is 5. The molecule has 2 aromatic heterocycles. The van der Waals surface area contributed by atoms with Crippen molar-refractivity contribution >= 4 is 10.0 Å².